The molecule has 3 nitrogen and oxygen atoms in total. The lowest BCUT2D eigenvalue weighted by Gasteiger charge is -2.28. The lowest BCUT2D eigenvalue weighted by Crippen LogP contribution is -2.38. The van der Waals surface area contributed by atoms with E-state index in [9.17, 15) is 5.11 Å². The molecule has 1 aromatic heterocycles. The molecule has 84 valence electrons. The van der Waals surface area contributed by atoms with Crippen LogP contribution in [0.5, 0.6) is 0 Å². The molecule has 0 aliphatic heterocycles. The summed E-state index contributed by atoms with van der Waals surface area (Å²) in [4.78, 5) is 0. The minimum Gasteiger partial charge on any atom is -0.466 e. The van der Waals surface area contributed by atoms with Gasteiger partial charge in [-0.15, -0.1) is 0 Å². The second-order valence-corrected chi connectivity index (χ2v) is 4.36. The van der Waals surface area contributed by atoms with E-state index in [4.69, 9.17) is 4.42 Å². The van der Waals surface area contributed by atoms with Crippen molar-refractivity contribution in [1.29, 1.82) is 0 Å². The van der Waals surface area contributed by atoms with Crippen molar-refractivity contribution in [2.45, 2.75) is 38.1 Å². The molecule has 1 heterocycles. The van der Waals surface area contributed by atoms with Crippen LogP contribution >= 0.6 is 0 Å². The number of hydrogen-bond acceptors (Lipinski definition) is 3. The first-order valence-electron chi connectivity index (χ1n) is 5.70. The smallest absolute Gasteiger partial charge is 0.110 e. The van der Waals surface area contributed by atoms with Crippen LogP contribution < -0.4 is 5.32 Å². The molecule has 0 spiro atoms. The van der Waals surface area contributed by atoms with Crippen LogP contribution in [0.25, 0.3) is 0 Å². The minimum atomic E-state index is 0.0966. The Morgan fingerprint density at radius 1 is 1.53 bits per heavy atom. The fourth-order valence-electron chi connectivity index (χ4n) is 1.85. The van der Waals surface area contributed by atoms with Gasteiger partial charge in [0.05, 0.1) is 12.5 Å². The Kier molecular flexibility index (Phi) is 3.44. The molecule has 1 atom stereocenters. The molecular formula is C12H19NO2. The highest BCUT2D eigenvalue weighted by molar-refractivity contribution is 5.11. The van der Waals surface area contributed by atoms with E-state index in [1.807, 2.05) is 19.1 Å². The number of nitrogens with one attached hydrogen (secondary N) is 1. The van der Waals surface area contributed by atoms with Gasteiger partial charge in [0, 0.05) is 12.6 Å². The van der Waals surface area contributed by atoms with Crippen LogP contribution in [0.2, 0.25) is 0 Å². The molecule has 1 saturated carbocycles. The number of rotatable bonds is 5. The molecule has 1 aliphatic carbocycles. The summed E-state index contributed by atoms with van der Waals surface area (Å²) in [7, 11) is 0. The van der Waals surface area contributed by atoms with Gasteiger partial charge in [0.1, 0.15) is 11.5 Å². The largest absolute Gasteiger partial charge is 0.466 e. The summed E-state index contributed by atoms with van der Waals surface area (Å²) >= 11 is 0. The van der Waals surface area contributed by atoms with Gasteiger partial charge >= 0.3 is 0 Å². The summed E-state index contributed by atoms with van der Waals surface area (Å²) in [6, 6.07) is 4.56. The second-order valence-electron chi connectivity index (χ2n) is 4.36. The monoisotopic (exact) mass is 209 g/mol. The van der Waals surface area contributed by atoms with E-state index in [0.29, 0.717) is 6.04 Å². The summed E-state index contributed by atoms with van der Waals surface area (Å²) in [6.07, 6.45) is 3.88. The Hall–Kier alpha value is -0.800. The fourth-order valence-corrected chi connectivity index (χ4v) is 1.85. The Morgan fingerprint density at radius 2 is 2.33 bits per heavy atom. The van der Waals surface area contributed by atoms with Crippen LogP contribution in [-0.4, -0.2) is 24.3 Å². The van der Waals surface area contributed by atoms with Crippen LogP contribution in [0.15, 0.2) is 16.5 Å². The van der Waals surface area contributed by atoms with E-state index in [1.165, 1.54) is 19.3 Å². The Labute approximate surface area is 90.5 Å². The van der Waals surface area contributed by atoms with Crippen molar-refractivity contribution in [1.82, 2.24) is 5.32 Å². The maximum Gasteiger partial charge on any atom is 0.110 e. The molecule has 1 aromatic rings. The van der Waals surface area contributed by atoms with E-state index in [1.54, 1.807) is 0 Å². The van der Waals surface area contributed by atoms with Crippen molar-refractivity contribution in [2.24, 2.45) is 0 Å². The normalized spacial score (nSPS) is 18.8. The molecule has 2 N–H and O–H groups in total. The van der Waals surface area contributed by atoms with Gasteiger partial charge in [-0.05, 0) is 31.9 Å². The number of aryl methyl sites for hydroxylation is 1. The predicted octanol–water partition coefficient (Wildman–Crippen LogP) is 1.81. The molecule has 0 aromatic carbocycles. The zero-order valence-electron chi connectivity index (χ0n) is 9.20. The van der Waals surface area contributed by atoms with Gasteiger partial charge < -0.3 is 14.8 Å². The second kappa shape index (κ2) is 4.81. The summed E-state index contributed by atoms with van der Waals surface area (Å²) in [5.41, 5.74) is 0. The van der Waals surface area contributed by atoms with E-state index in [0.717, 1.165) is 18.1 Å². The van der Waals surface area contributed by atoms with Crippen molar-refractivity contribution in [3.05, 3.63) is 23.7 Å². The minimum absolute atomic E-state index is 0.0966. The first-order valence-corrected chi connectivity index (χ1v) is 5.70. The van der Waals surface area contributed by atoms with Crippen LogP contribution in [0.3, 0.4) is 0 Å². The van der Waals surface area contributed by atoms with Crippen molar-refractivity contribution >= 4 is 0 Å². The lowest BCUT2D eigenvalue weighted by molar-refractivity contribution is 0.231. The van der Waals surface area contributed by atoms with Gasteiger partial charge in [0.2, 0.25) is 0 Å². The van der Waals surface area contributed by atoms with Crippen LogP contribution in [-0.2, 0) is 0 Å². The van der Waals surface area contributed by atoms with Gasteiger partial charge in [0.15, 0.2) is 0 Å². The molecule has 2 rings (SSSR count). The van der Waals surface area contributed by atoms with Crippen LogP contribution in [0, 0.1) is 6.92 Å². The third-order valence-corrected chi connectivity index (χ3v) is 3.14. The molecule has 0 amide bonds. The summed E-state index contributed by atoms with van der Waals surface area (Å²) in [5, 5.41) is 12.8. The molecule has 3 heteroatoms. The van der Waals surface area contributed by atoms with Crippen LogP contribution in [0.4, 0.5) is 0 Å². The standard InChI is InChI=1S/C12H19NO2/c1-9-5-6-12(15-9)10(8-14)7-13-11-3-2-4-11/h5-6,10-11,13-14H,2-4,7-8H2,1H3. The number of hydrogen-bond donors (Lipinski definition) is 2. The molecule has 1 unspecified atom stereocenters. The average Bonchev–Trinajstić information content (AvgIpc) is 2.56. The predicted molar refractivity (Wildman–Crippen MR) is 58.9 cm³/mol. The van der Waals surface area contributed by atoms with Crippen LogP contribution in [0.1, 0.15) is 36.7 Å². The zero-order valence-corrected chi connectivity index (χ0v) is 9.20. The molecule has 0 saturated heterocycles. The van der Waals surface area contributed by atoms with Gasteiger partial charge in [-0.25, -0.2) is 0 Å². The third-order valence-electron chi connectivity index (χ3n) is 3.14. The lowest BCUT2D eigenvalue weighted by atomic mass is 9.92. The Balaban J connectivity index is 1.85. The highest BCUT2D eigenvalue weighted by Gasteiger charge is 2.20. The number of furan rings is 1. The van der Waals surface area contributed by atoms with Crippen molar-refractivity contribution < 1.29 is 9.52 Å². The topological polar surface area (TPSA) is 45.4 Å². The number of aliphatic hydroxyl groups is 1. The summed E-state index contributed by atoms with van der Waals surface area (Å²) in [5.74, 6) is 1.90. The van der Waals surface area contributed by atoms with Gasteiger partial charge in [0.25, 0.3) is 0 Å². The highest BCUT2D eigenvalue weighted by Crippen LogP contribution is 2.21. The summed E-state index contributed by atoms with van der Waals surface area (Å²) in [6.45, 7) is 2.89. The van der Waals surface area contributed by atoms with E-state index >= 15 is 0 Å². The molecule has 1 fully saturated rings. The van der Waals surface area contributed by atoms with Crippen molar-refractivity contribution in [3.8, 4) is 0 Å². The first kappa shape index (κ1) is 10.7. The molecular weight excluding hydrogens is 190 g/mol. The molecule has 15 heavy (non-hydrogen) atoms. The SMILES string of the molecule is Cc1ccc(C(CO)CNC2CCC2)o1. The van der Waals surface area contributed by atoms with Gasteiger partial charge in [-0.3, -0.25) is 0 Å². The number of aliphatic hydroxyl groups excluding tert-OH is 1. The van der Waals surface area contributed by atoms with Gasteiger partial charge in [-0.2, -0.15) is 0 Å². The summed E-state index contributed by atoms with van der Waals surface area (Å²) < 4.78 is 5.52. The zero-order chi connectivity index (χ0) is 10.7. The van der Waals surface area contributed by atoms with E-state index in [2.05, 4.69) is 5.32 Å². The van der Waals surface area contributed by atoms with Crippen molar-refractivity contribution in [2.75, 3.05) is 13.2 Å². The molecule has 1 aliphatic rings. The van der Waals surface area contributed by atoms with E-state index in [-0.39, 0.29) is 12.5 Å². The molecule has 0 radical (unpaired) electrons. The van der Waals surface area contributed by atoms with Crippen molar-refractivity contribution in [3.63, 3.8) is 0 Å². The molecule has 0 bridgehead atoms. The van der Waals surface area contributed by atoms with Gasteiger partial charge in [-0.1, -0.05) is 6.42 Å². The van der Waals surface area contributed by atoms with E-state index < -0.39 is 0 Å². The quantitative estimate of drug-likeness (QED) is 0.777. The maximum absolute atomic E-state index is 9.29. The maximum atomic E-state index is 9.29. The average molecular weight is 209 g/mol. The third kappa shape index (κ3) is 2.61. The highest BCUT2D eigenvalue weighted by atomic mass is 16.3. The first-order chi connectivity index (χ1) is 7.29. The Morgan fingerprint density at radius 3 is 2.80 bits per heavy atom. The Bertz CT molecular complexity index is 304. The fraction of sp³-hybridized carbons (Fsp3) is 0.667.